The van der Waals surface area contributed by atoms with Crippen molar-refractivity contribution in [2.75, 3.05) is 25.4 Å². The summed E-state index contributed by atoms with van der Waals surface area (Å²) in [5.74, 6) is -1.05. The van der Waals surface area contributed by atoms with Crippen LogP contribution < -0.4 is 10.5 Å². The second-order valence-electron chi connectivity index (χ2n) is 4.06. The first-order valence-electron chi connectivity index (χ1n) is 5.94. The van der Waals surface area contributed by atoms with Crippen molar-refractivity contribution in [1.29, 1.82) is 0 Å². The van der Waals surface area contributed by atoms with Crippen molar-refractivity contribution in [3.05, 3.63) is 36.4 Å². The Balaban J connectivity index is 2.96. The lowest BCUT2D eigenvalue weighted by atomic mass is 10.1. The molecule has 0 aliphatic heterocycles. The molecule has 8 heteroatoms. The maximum atomic E-state index is 12.1. The van der Waals surface area contributed by atoms with Gasteiger partial charge in [0.1, 0.15) is 0 Å². The minimum Gasteiger partial charge on any atom is -0.404 e. The van der Waals surface area contributed by atoms with Gasteiger partial charge in [-0.15, -0.1) is 19.8 Å². The zero-order valence-corrected chi connectivity index (χ0v) is 11.1. The van der Waals surface area contributed by atoms with Crippen LogP contribution >= 0.6 is 0 Å². The minimum absolute atomic E-state index is 0.0750. The number of nitrogens with two attached hydrogens (primary N) is 1. The van der Waals surface area contributed by atoms with Gasteiger partial charge in [-0.1, -0.05) is 6.08 Å². The maximum Gasteiger partial charge on any atom is 0.573 e. The highest BCUT2D eigenvalue weighted by molar-refractivity contribution is 5.95. The Morgan fingerprint density at radius 3 is 2.62 bits per heavy atom. The fourth-order valence-electron chi connectivity index (χ4n) is 1.63. The van der Waals surface area contributed by atoms with E-state index in [0.29, 0.717) is 0 Å². The van der Waals surface area contributed by atoms with Gasteiger partial charge in [-0.25, -0.2) is 0 Å². The molecule has 0 saturated carbocycles. The van der Waals surface area contributed by atoms with Crippen LogP contribution in [0.15, 0.2) is 30.9 Å². The molecule has 1 aromatic rings. The first-order chi connectivity index (χ1) is 9.78. The topological polar surface area (TPSA) is 75.8 Å². The van der Waals surface area contributed by atoms with E-state index in [1.54, 1.807) is 0 Å². The molecule has 1 aromatic carbocycles. The van der Waals surface area contributed by atoms with Crippen molar-refractivity contribution >= 4 is 11.6 Å². The highest BCUT2D eigenvalue weighted by atomic mass is 19.4. The Kier molecular flexibility index (Phi) is 5.60. The van der Waals surface area contributed by atoms with Crippen LogP contribution in [0, 0.1) is 0 Å². The fourth-order valence-corrected chi connectivity index (χ4v) is 1.63. The zero-order valence-electron chi connectivity index (χ0n) is 11.1. The van der Waals surface area contributed by atoms with E-state index in [1.165, 1.54) is 17.0 Å². The molecular weight excluding hydrogens is 289 g/mol. The van der Waals surface area contributed by atoms with E-state index in [2.05, 4.69) is 11.3 Å². The van der Waals surface area contributed by atoms with E-state index in [1.807, 2.05) is 0 Å². The maximum absolute atomic E-state index is 12.1. The lowest BCUT2D eigenvalue weighted by Gasteiger charge is -2.20. The van der Waals surface area contributed by atoms with Crippen LogP contribution in [-0.4, -0.2) is 42.0 Å². The summed E-state index contributed by atoms with van der Waals surface area (Å²) >= 11 is 0. The Morgan fingerprint density at radius 2 is 2.14 bits per heavy atom. The molecule has 1 rings (SSSR count). The van der Waals surface area contributed by atoms with E-state index >= 15 is 0 Å². The Hall–Kier alpha value is -2.22. The van der Waals surface area contributed by atoms with E-state index < -0.39 is 18.0 Å². The van der Waals surface area contributed by atoms with Crippen LogP contribution in [0.4, 0.5) is 18.9 Å². The molecule has 3 N–H and O–H groups in total. The molecule has 0 aliphatic rings. The van der Waals surface area contributed by atoms with Gasteiger partial charge in [-0.3, -0.25) is 4.79 Å². The Labute approximate surface area is 119 Å². The molecule has 0 aliphatic carbocycles. The van der Waals surface area contributed by atoms with Crippen LogP contribution in [-0.2, 0) is 0 Å². The van der Waals surface area contributed by atoms with Crippen molar-refractivity contribution in [2.24, 2.45) is 0 Å². The third-order valence-corrected chi connectivity index (χ3v) is 2.49. The number of amides is 1. The highest BCUT2D eigenvalue weighted by Crippen LogP contribution is 2.29. The molecule has 0 spiro atoms. The number of hydrogen-bond acceptors (Lipinski definition) is 4. The first-order valence-corrected chi connectivity index (χ1v) is 5.94. The number of rotatable bonds is 6. The molecule has 0 fully saturated rings. The average Bonchev–Trinajstić information content (AvgIpc) is 2.38. The number of ether oxygens (including phenoxy) is 1. The third-order valence-electron chi connectivity index (χ3n) is 2.49. The molecule has 0 saturated heterocycles. The van der Waals surface area contributed by atoms with Crippen LogP contribution in [0.1, 0.15) is 10.4 Å². The molecule has 0 aromatic heterocycles. The molecule has 1 amide bonds. The van der Waals surface area contributed by atoms with Crippen molar-refractivity contribution in [1.82, 2.24) is 4.90 Å². The predicted octanol–water partition coefficient (Wildman–Crippen LogP) is 1.79. The first kappa shape index (κ1) is 16.8. The number of anilines is 1. The summed E-state index contributed by atoms with van der Waals surface area (Å²) in [6.07, 6.45) is -3.39. The lowest BCUT2D eigenvalue weighted by molar-refractivity contribution is -0.274. The second-order valence-corrected chi connectivity index (χ2v) is 4.06. The van der Waals surface area contributed by atoms with E-state index in [9.17, 15) is 18.0 Å². The summed E-state index contributed by atoms with van der Waals surface area (Å²) in [5, 5.41) is 8.89. The normalized spacial score (nSPS) is 11.0. The van der Waals surface area contributed by atoms with Gasteiger partial charge in [0.2, 0.25) is 0 Å². The second kappa shape index (κ2) is 6.98. The van der Waals surface area contributed by atoms with Crippen molar-refractivity contribution in [3.63, 3.8) is 0 Å². The van der Waals surface area contributed by atoms with Crippen LogP contribution in [0.5, 0.6) is 5.75 Å². The predicted molar refractivity (Wildman–Crippen MR) is 70.7 cm³/mol. The summed E-state index contributed by atoms with van der Waals surface area (Å²) in [6.45, 7) is 3.51. The number of alkyl halides is 3. The molecular formula is C13H15F3N2O3. The number of aliphatic hydroxyl groups excluding tert-OH is 1. The summed E-state index contributed by atoms with van der Waals surface area (Å²) in [5.41, 5.74) is 5.24. The average molecular weight is 304 g/mol. The summed E-state index contributed by atoms with van der Waals surface area (Å²) < 4.78 is 40.1. The molecule has 0 bridgehead atoms. The van der Waals surface area contributed by atoms with Gasteiger partial charge in [0.15, 0.2) is 5.75 Å². The number of carbonyl (C=O) groups is 1. The van der Waals surface area contributed by atoms with E-state index in [0.717, 1.165) is 12.1 Å². The van der Waals surface area contributed by atoms with Crippen LogP contribution in [0.3, 0.4) is 0 Å². The standard InChI is InChI=1S/C13H15F3N2O3/c1-2-5-18(6-7-19)12(20)9-3-4-11(10(17)8-9)21-13(14,15)16/h2-4,8,19H,1,5-7,17H2. The van der Waals surface area contributed by atoms with Gasteiger partial charge >= 0.3 is 6.36 Å². The number of hydrogen-bond donors (Lipinski definition) is 2. The SMILES string of the molecule is C=CCN(CCO)C(=O)c1ccc(OC(F)(F)F)c(N)c1. The molecule has 21 heavy (non-hydrogen) atoms. The molecule has 0 unspecified atom stereocenters. The Morgan fingerprint density at radius 1 is 1.48 bits per heavy atom. The van der Waals surface area contributed by atoms with E-state index in [4.69, 9.17) is 10.8 Å². The number of nitrogens with zero attached hydrogens (tertiary/aromatic N) is 1. The fraction of sp³-hybridized carbons (Fsp3) is 0.308. The molecule has 116 valence electrons. The molecule has 0 atom stereocenters. The monoisotopic (exact) mass is 304 g/mol. The zero-order chi connectivity index (χ0) is 16.0. The summed E-state index contributed by atoms with van der Waals surface area (Å²) in [6, 6.07) is 3.24. The molecule has 0 heterocycles. The largest absolute Gasteiger partial charge is 0.573 e. The van der Waals surface area contributed by atoms with Gasteiger partial charge in [-0.05, 0) is 18.2 Å². The highest BCUT2D eigenvalue weighted by Gasteiger charge is 2.32. The number of halogens is 3. The summed E-state index contributed by atoms with van der Waals surface area (Å²) in [7, 11) is 0. The van der Waals surface area contributed by atoms with Crippen LogP contribution in [0.2, 0.25) is 0 Å². The number of carbonyl (C=O) groups excluding carboxylic acids is 1. The number of aliphatic hydroxyl groups is 1. The number of nitrogen functional groups attached to an aromatic ring is 1. The molecule has 5 nitrogen and oxygen atoms in total. The van der Waals surface area contributed by atoms with E-state index in [-0.39, 0.29) is 30.9 Å². The smallest absolute Gasteiger partial charge is 0.404 e. The van der Waals surface area contributed by atoms with Gasteiger partial charge in [0.25, 0.3) is 5.91 Å². The van der Waals surface area contributed by atoms with Gasteiger partial charge in [0, 0.05) is 18.7 Å². The van der Waals surface area contributed by atoms with Gasteiger partial charge in [0.05, 0.1) is 12.3 Å². The van der Waals surface area contributed by atoms with Gasteiger partial charge < -0.3 is 20.5 Å². The Bertz CT molecular complexity index is 518. The van der Waals surface area contributed by atoms with Crippen molar-refractivity contribution in [3.8, 4) is 5.75 Å². The minimum atomic E-state index is -4.86. The third kappa shape index (κ3) is 4.99. The van der Waals surface area contributed by atoms with Crippen molar-refractivity contribution < 1.29 is 27.8 Å². The molecule has 0 radical (unpaired) electrons. The van der Waals surface area contributed by atoms with Gasteiger partial charge in [-0.2, -0.15) is 0 Å². The lowest BCUT2D eigenvalue weighted by Crippen LogP contribution is -2.33. The van der Waals surface area contributed by atoms with Crippen LogP contribution in [0.25, 0.3) is 0 Å². The van der Waals surface area contributed by atoms with Crippen molar-refractivity contribution in [2.45, 2.75) is 6.36 Å². The summed E-state index contributed by atoms with van der Waals surface area (Å²) in [4.78, 5) is 13.4. The quantitative estimate of drug-likeness (QED) is 0.620. The number of benzene rings is 1.